The molecule has 0 spiro atoms. The molecule has 1 fully saturated rings. The van der Waals surface area contributed by atoms with Crippen LogP contribution in [0.25, 0.3) is 0 Å². The van der Waals surface area contributed by atoms with E-state index in [2.05, 4.69) is 0 Å². The Morgan fingerprint density at radius 1 is 1.58 bits per heavy atom. The highest BCUT2D eigenvalue weighted by atomic mass is 16.6. The average Bonchev–Trinajstić information content (AvgIpc) is 2.88. The first-order valence-corrected chi connectivity index (χ1v) is 5.78. The first-order chi connectivity index (χ1) is 9.09. The van der Waals surface area contributed by atoms with Crippen LogP contribution in [0.5, 0.6) is 0 Å². The number of nitrogens with zero attached hydrogens (tertiary/aromatic N) is 1. The molecule has 0 aliphatic carbocycles. The van der Waals surface area contributed by atoms with Gasteiger partial charge in [-0.05, 0) is 12.0 Å². The second-order valence-electron chi connectivity index (χ2n) is 4.17. The molecule has 2 rings (SSSR count). The second-order valence-corrected chi connectivity index (χ2v) is 4.17. The number of carbonyl (C=O) groups is 1. The van der Waals surface area contributed by atoms with Gasteiger partial charge in [0.2, 0.25) is 0 Å². The second kappa shape index (κ2) is 5.77. The average molecular weight is 267 g/mol. The number of rotatable bonds is 5. The van der Waals surface area contributed by atoms with Gasteiger partial charge in [-0.15, -0.1) is 0 Å². The van der Waals surface area contributed by atoms with Gasteiger partial charge in [-0.3, -0.25) is 10.1 Å². The van der Waals surface area contributed by atoms with Crippen molar-refractivity contribution in [3.63, 3.8) is 0 Å². The number of benzene rings is 1. The zero-order valence-electron chi connectivity index (χ0n) is 10.1. The Labute approximate surface area is 108 Å². The third kappa shape index (κ3) is 3.07. The molecule has 1 aromatic rings. The number of hydrogen-bond acceptors (Lipinski definition) is 5. The molecule has 0 saturated carbocycles. The van der Waals surface area contributed by atoms with Gasteiger partial charge in [0.1, 0.15) is 5.56 Å². The molecule has 7 nitrogen and oxygen atoms in total. The fourth-order valence-corrected chi connectivity index (χ4v) is 1.96. The van der Waals surface area contributed by atoms with Gasteiger partial charge in [0.15, 0.2) is 0 Å². The first kappa shape index (κ1) is 13.4. The van der Waals surface area contributed by atoms with Crippen LogP contribution < -0.4 is 0 Å². The van der Waals surface area contributed by atoms with Gasteiger partial charge in [-0.1, -0.05) is 12.1 Å². The number of carboxylic acid groups (broad SMARTS) is 1. The van der Waals surface area contributed by atoms with Crippen LogP contribution in [0.1, 0.15) is 22.3 Å². The van der Waals surface area contributed by atoms with Gasteiger partial charge in [-0.25, -0.2) is 4.79 Å². The summed E-state index contributed by atoms with van der Waals surface area (Å²) in [5.74, 6) is -1.33. The van der Waals surface area contributed by atoms with Crippen LogP contribution in [0.4, 0.5) is 5.69 Å². The fourth-order valence-electron chi connectivity index (χ4n) is 1.96. The number of carboxylic acids is 1. The van der Waals surface area contributed by atoms with Gasteiger partial charge in [0, 0.05) is 12.7 Å². The quantitative estimate of drug-likeness (QED) is 0.642. The van der Waals surface area contributed by atoms with Crippen molar-refractivity contribution in [3.05, 3.63) is 39.4 Å². The Hall–Kier alpha value is -1.99. The summed E-state index contributed by atoms with van der Waals surface area (Å²) in [6, 6.07) is 4.15. The lowest BCUT2D eigenvalue weighted by Crippen LogP contribution is -2.14. The normalized spacial score (nSPS) is 18.4. The van der Waals surface area contributed by atoms with E-state index < -0.39 is 16.6 Å². The highest BCUT2D eigenvalue weighted by Gasteiger charge is 2.24. The lowest BCUT2D eigenvalue weighted by molar-refractivity contribution is -0.385. The van der Waals surface area contributed by atoms with E-state index in [1.807, 2.05) is 0 Å². The predicted molar refractivity (Wildman–Crippen MR) is 64.1 cm³/mol. The van der Waals surface area contributed by atoms with Crippen molar-refractivity contribution in [2.45, 2.75) is 19.1 Å². The SMILES string of the molecule is O=C(O)c1c(COC2CCOC2)cccc1[N+](=O)[O-]. The topological polar surface area (TPSA) is 98.9 Å². The van der Waals surface area contributed by atoms with Crippen LogP contribution in [0.15, 0.2) is 18.2 Å². The summed E-state index contributed by atoms with van der Waals surface area (Å²) >= 11 is 0. The van der Waals surface area contributed by atoms with Crippen molar-refractivity contribution in [3.8, 4) is 0 Å². The van der Waals surface area contributed by atoms with Crippen LogP contribution in [0, 0.1) is 10.1 Å². The van der Waals surface area contributed by atoms with Crippen molar-refractivity contribution in [1.82, 2.24) is 0 Å². The summed E-state index contributed by atoms with van der Waals surface area (Å²) in [6.45, 7) is 1.11. The van der Waals surface area contributed by atoms with E-state index in [9.17, 15) is 14.9 Å². The molecular weight excluding hydrogens is 254 g/mol. The molecule has 1 N–H and O–H groups in total. The Morgan fingerprint density at radius 3 is 2.95 bits per heavy atom. The molecule has 1 aliphatic heterocycles. The molecule has 1 heterocycles. The molecule has 1 aliphatic rings. The van der Waals surface area contributed by atoms with E-state index in [4.69, 9.17) is 14.6 Å². The van der Waals surface area contributed by atoms with Gasteiger partial charge in [0.05, 0.1) is 24.2 Å². The van der Waals surface area contributed by atoms with Crippen LogP contribution in [0.3, 0.4) is 0 Å². The molecule has 7 heteroatoms. The number of aromatic carboxylic acids is 1. The Kier molecular flexibility index (Phi) is 4.08. The van der Waals surface area contributed by atoms with Gasteiger partial charge < -0.3 is 14.6 Å². The molecule has 1 saturated heterocycles. The molecule has 0 bridgehead atoms. The molecule has 102 valence electrons. The van der Waals surface area contributed by atoms with E-state index in [1.165, 1.54) is 18.2 Å². The van der Waals surface area contributed by atoms with E-state index in [-0.39, 0.29) is 18.3 Å². The standard InChI is InChI=1S/C12H13NO6/c14-12(15)11-8(2-1-3-10(11)13(16)17)6-19-9-4-5-18-7-9/h1-3,9H,4-7H2,(H,14,15). The van der Waals surface area contributed by atoms with Gasteiger partial charge in [0.25, 0.3) is 5.69 Å². The first-order valence-electron chi connectivity index (χ1n) is 5.78. The Bertz CT molecular complexity index is 495. The Balaban J connectivity index is 2.20. The molecule has 19 heavy (non-hydrogen) atoms. The van der Waals surface area contributed by atoms with Gasteiger partial charge in [-0.2, -0.15) is 0 Å². The van der Waals surface area contributed by atoms with E-state index >= 15 is 0 Å². The molecule has 1 unspecified atom stereocenters. The van der Waals surface area contributed by atoms with E-state index in [0.717, 1.165) is 6.42 Å². The van der Waals surface area contributed by atoms with Crippen molar-refractivity contribution in [2.75, 3.05) is 13.2 Å². The number of ether oxygens (including phenoxy) is 2. The largest absolute Gasteiger partial charge is 0.477 e. The molecular formula is C12H13NO6. The summed E-state index contributed by atoms with van der Waals surface area (Å²) in [6.07, 6.45) is 0.665. The highest BCUT2D eigenvalue weighted by molar-refractivity contribution is 5.94. The minimum Gasteiger partial charge on any atom is -0.477 e. The maximum Gasteiger partial charge on any atom is 0.343 e. The minimum atomic E-state index is -1.33. The monoisotopic (exact) mass is 267 g/mol. The molecule has 0 aromatic heterocycles. The van der Waals surface area contributed by atoms with Crippen molar-refractivity contribution >= 4 is 11.7 Å². The van der Waals surface area contributed by atoms with E-state index in [0.29, 0.717) is 18.8 Å². The molecule has 0 radical (unpaired) electrons. The van der Waals surface area contributed by atoms with Crippen molar-refractivity contribution in [1.29, 1.82) is 0 Å². The third-order valence-corrected chi connectivity index (χ3v) is 2.90. The summed E-state index contributed by atoms with van der Waals surface area (Å²) < 4.78 is 10.6. The van der Waals surface area contributed by atoms with Crippen molar-refractivity contribution < 1.29 is 24.3 Å². The molecule has 1 aromatic carbocycles. The van der Waals surface area contributed by atoms with Gasteiger partial charge >= 0.3 is 5.97 Å². The zero-order chi connectivity index (χ0) is 13.8. The lowest BCUT2D eigenvalue weighted by Gasteiger charge is -2.11. The van der Waals surface area contributed by atoms with Crippen LogP contribution >= 0.6 is 0 Å². The number of hydrogen-bond donors (Lipinski definition) is 1. The summed E-state index contributed by atoms with van der Waals surface area (Å²) in [5.41, 5.74) is -0.434. The smallest absolute Gasteiger partial charge is 0.343 e. The van der Waals surface area contributed by atoms with E-state index in [1.54, 1.807) is 0 Å². The fraction of sp³-hybridized carbons (Fsp3) is 0.417. The Morgan fingerprint density at radius 2 is 2.37 bits per heavy atom. The molecule has 0 amide bonds. The number of nitro benzene ring substituents is 1. The van der Waals surface area contributed by atoms with Crippen molar-refractivity contribution in [2.24, 2.45) is 0 Å². The molecule has 1 atom stereocenters. The summed E-state index contributed by atoms with van der Waals surface area (Å²) in [5, 5.41) is 19.9. The maximum atomic E-state index is 11.2. The summed E-state index contributed by atoms with van der Waals surface area (Å²) in [7, 11) is 0. The minimum absolute atomic E-state index is 0.0251. The number of nitro groups is 1. The van der Waals surface area contributed by atoms with Crippen LogP contribution in [-0.4, -0.2) is 35.3 Å². The van der Waals surface area contributed by atoms with Crippen LogP contribution in [-0.2, 0) is 16.1 Å². The highest BCUT2D eigenvalue weighted by Crippen LogP contribution is 2.24. The lowest BCUT2D eigenvalue weighted by atomic mass is 10.1. The third-order valence-electron chi connectivity index (χ3n) is 2.90. The summed E-state index contributed by atoms with van der Waals surface area (Å²) in [4.78, 5) is 21.3. The predicted octanol–water partition coefficient (Wildman–Crippen LogP) is 1.60. The van der Waals surface area contributed by atoms with Crippen LogP contribution in [0.2, 0.25) is 0 Å². The maximum absolute atomic E-state index is 11.2. The zero-order valence-corrected chi connectivity index (χ0v) is 10.1.